The fraction of sp³-hybridized carbons (Fsp3) is 0.667. The van der Waals surface area contributed by atoms with Gasteiger partial charge in [-0.25, -0.2) is 0 Å². The minimum absolute atomic E-state index is 0. The van der Waals surface area contributed by atoms with E-state index >= 15 is 0 Å². The molecule has 3 rings (SSSR count). The van der Waals surface area contributed by atoms with E-state index in [0.29, 0.717) is 6.04 Å². The summed E-state index contributed by atoms with van der Waals surface area (Å²) in [6.07, 6.45) is 6.83. The molecule has 152 valence electrons. The van der Waals surface area contributed by atoms with E-state index < -0.39 is 0 Å². The molecule has 1 unspecified atom stereocenters. The van der Waals surface area contributed by atoms with Crippen molar-refractivity contribution in [2.45, 2.75) is 57.3 Å². The maximum atomic E-state index is 4.43. The van der Waals surface area contributed by atoms with Crippen molar-refractivity contribution in [3.05, 3.63) is 35.4 Å². The first-order chi connectivity index (χ1) is 12.6. The highest BCUT2D eigenvalue weighted by molar-refractivity contribution is 14.0. The third kappa shape index (κ3) is 6.91. The van der Waals surface area contributed by atoms with Crippen LogP contribution in [0.1, 0.15) is 43.2 Å². The van der Waals surface area contributed by atoms with Crippen LogP contribution in [0.4, 0.5) is 0 Å². The van der Waals surface area contributed by atoms with Crippen molar-refractivity contribution in [2.75, 3.05) is 34.2 Å². The molecule has 2 N–H and O–H groups in total. The summed E-state index contributed by atoms with van der Waals surface area (Å²) in [7, 11) is 6.07. The number of hydrogen-bond acceptors (Lipinski definition) is 3. The van der Waals surface area contributed by atoms with Crippen molar-refractivity contribution < 1.29 is 0 Å². The summed E-state index contributed by atoms with van der Waals surface area (Å²) in [5.41, 5.74) is 2.64. The second-order valence-electron chi connectivity index (χ2n) is 8.05. The normalized spacial score (nSPS) is 21.5. The van der Waals surface area contributed by atoms with Crippen molar-refractivity contribution in [3.63, 3.8) is 0 Å². The Kier molecular flexibility index (Phi) is 9.32. The third-order valence-corrected chi connectivity index (χ3v) is 5.58. The first-order valence-corrected chi connectivity index (χ1v) is 10.1. The zero-order valence-electron chi connectivity index (χ0n) is 17.1. The molecule has 1 aromatic carbocycles. The Hall–Kier alpha value is -0.860. The summed E-state index contributed by atoms with van der Waals surface area (Å²) in [6, 6.07) is 10.1. The molecular weight excluding hydrogens is 449 g/mol. The standard InChI is InChI=1S/C21H35N5.HI/c1-22-21(23-14-17-7-6-8-18(13-17)15-25(2)3)24-19-11-12-26(16-19)20-9-4-5-10-20;/h6-8,13,19-20H,4-5,9-12,14-16H2,1-3H3,(H2,22,23,24);1H. The smallest absolute Gasteiger partial charge is 0.191 e. The Morgan fingerprint density at radius 1 is 1.19 bits per heavy atom. The van der Waals surface area contributed by atoms with Crippen LogP contribution in [-0.4, -0.2) is 62.1 Å². The molecule has 0 amide bonds. The average molecular weight is 485 g/mol. The summed E-state index contributed by atoms with van der Waals surface area (Å²) in [6.45, 7) is 4.16. The van der Waals surface area contributed by atoms with E-state index in [-0.39, 0.29) is 24.0 Å². The summed E-state index contributed by atoms with van der Waals surface area (Å²) >= 11 is 0. The molecule has 1 aromatic rings. The lowest BCUT2D eigenvalue weighted by atomic mass is 10.1. The number of nitrogens with zero attached hydrogens (tertiary/aromatic N) is 3. The van der Waals surface area contributed by atoms with E-state index in [2.05, 4.69) is 63.8 Å². The SMILES string of the molecule is CN=C(NCc1cccc(CN(C)C)c1)NC1CCN(C2CCCC2)C1.I. The Morgan fingerprint density at radius 3 is 2.63 bits per heavy atom. The van der Waals surface area contributed by atoms with Gasteiger partial charge in [0.1, 0.15) is 0 Å². The van der Waals surface area contributed by atoms with Gasteiger partial charge in [0.2, 0.25) is 0 Å². The van der Waals surface area contributed by atoms with Crippen LogP contribution in [0, 0.1) is 0 Å². The topological polar surface area (TPSA) is 42.9 Å². The van der Waals surface area contributed by atoms with Gasteiger partial charge < -0.3 is 15.5 Å². The van der Waals surface area contributed by atoms with Crippen LogP contribution in [0.5, 0.6) is 0 Å². The number of aliphatic imine (C=N–C) groups is 1. The van der Waals surface area contributed by atoms with E-state index in [1.54, 1.807) is 0 Å². The Bertz CT molecular complexity index is 598. The molecule has 1 atom stereocenters. The highest BCUT2D eigenvalue weighted by atomic mass is 127. The van der Waals surface area contributed by atoms with Crippen LogP contribution in [0.3, 0.4) is 0 Å². The van der Waals surface area contributed by atoms with Crippen molar-refractivity contribution in [1.29, 1.82) is 0 Å². The van der Waals surface area contributed by atoms with E-state index in [1.807, 2.05) is 7.05 Å². The predicted octanol–water partition coefficient (Wildman–Crippen LogP) is 3.05. The van der Waals surface area contributed by atoms with Gasteiger partial charge in [-0.05, 0) is 44.5 Å². The summed E-state index contributed by atoms with van der Waals surface area (Å²) in [4.78, 5) is 9.31. The second-order valence-corrected chi connectivity index (χ2v) is 8.05. The van der Waals surface area contributed by atoms with Crippen molar-refractivity contribution in [1.82, 2.24) is 20.4 Å². The number of guanidine groups is 1. The van der Waals surface area contributed by atoms with Crippen molar-refractivity contribution in [2.24, 2.45) is 4.99 Å². The minimum atomic E-state index is 0. The van der Waals surface area contributed by atoms with E-state index in [1.165, 1.54) is 49.8 Å². The van der Waals surface area contributed by atoms with E-state index in [4.69, 9.17) is 0 Å². The largest absolute Gasteiger partial charge is 0.352 e. The van der Waals surface area contributed by atoms with Gasteiger partial charge in [-0.3, -0.25) is 9.89 Å². The second kappa shape index (κ2) is 11.2. The lowest BCUT2D eigenvalue weighted by Crippen LogP contribution is -2.45. The number of likely N-dealkylation sites (tertiary alicyclic amines) is 1. The lowest BCUT2D eigenvalue weighted by Gasteiger charge is -2.24. The van der Waals surface area contributed by atoms with E-state index in [9.17, 15) is 0 Å². The van der Waals surface area contributed by atoms with Crippen LogP contribution < -0.4 is 10.6 Å². The molecule has 5 nitrogen and oxygen atoms in total. The number of halogens is 1. The summed E-state index contributed by atoms with van der Waals surface area (Å²) in [5, 5.41) is 7.11. The van der Waals surface area contributed by atoms with Gasteiger partial charge in [-0.2, -0.15) is 0 Å². The molecule has 0 bridgehead atoms. The number of nitrogens with one attached hydrogen (secondary N) is 2. The highest BCUT2D eigenvalue weighted by Gasteiger charge is 2.30. The molecule has 6 heteroatoms. The molecule has 27 heavy (non-hydrogen) atoms. The maximum Gasteiger partial charge on any atom is 0.191 e. The quantitative estimate of drug-likeness (QED) is 0.370. The van der Waals surface area contributed by atoms with Gasteiger partial charge in [-0.1, -0.05) is 37.1 Å². The number of benzene rings is 1. The molecule has 1 saturated heterocycles. The molecule has 0 spiro atoms. The Labute approximate surface area is 182 Å². The molecule has 0 aromatic heterocycles. The van der Waals surface area contributed by atoms with E-state index in [0.717, 1.165) is 31.6 Å². The first kappa shape index (κ1) is 22.4. The monoisotopic (exact) mass is 485 g/mol. The number of rotatable bonds is 6. The van der Waals surface area contributed by atoms with Crippen LogP contribution in [0.15, 0.2) is 29.3 Å². The molecule has 1 aliphatic heterocycles. The highest BCUT2D eigenvalue weighted by Crippen LogP contribution is 2.26. The van der Waals surface area contributed by atoms with Crippen LogP contribution in [0.25, 0.3) is 0 Å². The zero-order chi connectivity index (χ0) is 18.4. The van der Waals surface area contributed by atoms with Crippen LogP contribution >= 0.6 is 24.0 Å². The van der Waals surface area contributed by atoms with Gasteiger partial charge in [-0.15, -0.1) is 24.0 Å². The first-order valence-electron chi connectivity index (χ1n) is 10.1. The third-order valence-electron chi connectivity index (χ3n) is 5.58. The molecule has 2 fully saturated rings. The minimum Gasteiger partial charge on any atom is -0.352 e. The maximum absolute atomic E-state index is 4.43. The molecule has 2 aliphatic rings. The number of hydrogen-bond donors (Lipinski definition) is 2. The summed E-state index contributed by atoms with van der Waals surface area (Å²) in [5.74, 6) is 0.918. The Morgan fingerprint density at radius 2 is 1.93 bits per heavy atom. The lowest BCUT2D eigenvalue weighted by molar-refractivity contribution is 0.242. The molecule has 1 saturated carbocycles. The van der Waals surface area contributed by atoms with Gasteiger partial charge >= 0.3 is 0 Å². The molecule has 1 heterocycles. The van der Waals surface area contributed by atoms with Crippen LogP contribution in [-0.2, 0) is 13.1 Å². The Balaban J connectivity index is 0.00000261. The molecule has 0 radical (unpaired) electrons. The van der Waals surface area contributed by atoms with Crippen molar-refractivity contribution >= 4 is 29.9 Å². The summed E-state index contributed by atoms with van der Waals surface area (Å²) < 4.78 is 0. The average Bonchev–Trinajstić information content (AvgIpc) is 3.29. The molecular formula is C21H36IN5. The van der Waals surface area contributed by atoms with Crippen molar-refractivity contribution in [3.8, 4) is 0 Å². The molecule has 1 aliphatic carbocycles. The zero-order valence-corrected chi connectivity index (χ0v) is 19.4. The van der Waals surface area contributed by atoms with Gasteiger partial charge in [0.25, 0.3) is 0 Å². The van der Waals surface area contributed by atoms with Crippen LogP contribution in [0.2, 0.25) is 0 Å². The fourth-order valence-corrected chi connectivity index (χ4v) is 4.28. The van der Waals surface area contributed by atoms with Gasteiger partial charge in [0, 0.05) is 45.3 Å². The van der Waals surface area contributed by atoms with Gasteiger partial charge in [0.15, 0.2) is 5.96 Å². The fourth-order valence-electron chi connectivity index (χ4n) is 4.28. The predicted molar refractivity (Wildman–Crippen MR) is 125 cm³/mol. The van der Waals surface area contributed by atoms with Gasteiger partial charge in [0.05, 0.1) is 0 Å².